The molecule has 5 amide bonds. The van der Waals surface area contributed by atoms with Crippen LogP contribution < -0.4 is 10.6 Å². The van der Waals surface area contributed by atoms with Crippen molar-refractivity contribution in [1.29, 1.82) is 0 Å². The Balaban J connectivity index is 0.784. The van der Waals surface area contributed by atoms with Crippen LogP contribution in [0.4, 0.5) is 8.78 Å². The molecule has 0 spiro atoms. The number of aliphatic hydroxyl groups is 1. The number of fused-ring (bicyclic) bond motifs is 1. The quantitative estimate of drug-likeness (QED) is 0.0870. The number of halogens is 2. The molecule has 0 saturated carbocycles. The van der Waals surface area contributed by atoms with Crippen molar-refractivity contribution in [1.82, 2.24) is 40.3 Å². The summed E-state index contributed by atoms with van der Waals surface area (Å²) in [5, 5.41) is 16.4. The monoisotopic (exact) mass is 984 g/mol. The smallest absolute Gasteiger partial charge is 0.254 e. The minimum atomic E-state index is -0.941. The number of piperazine rings is 1. The van der Waals surface area contributed by atoms with E-state index in [0.717, 1.165) is 21.7 Å². The molecule has 3 atom stereocenters. The van der Waals surface area contributed by atoms with E-state index in [0.29, 0.717) is 84.6 Å². The number of rotatable bonds is 15. The zero-order chi connectivity index (χ0) is 50.4. The van der Waals surface area contributed by atoms with Gasteiger partial charge < -0.3 is 30.4 Å². The predicted molar refractivity (Wildman–Crippen MR) is 268 cm³/mol. The molecule has 3 N–H and O–H groups in total. The number of amides is 5. The standard InChI is InChI=1S/C54H58F2N8O6S/c1-33-49(71-32-58-33)37-12-10-34(11-13-37)30-57-51(68)44-29-41(65)31-64(44)53(70)50(54(2,3)4)61-45(66)8-6-5-7-9-46(67)62-24-26-63(27-25-62)52(69)38-18-23-42-43(28-38)60-48(36-16-21-40(56)22-17-36)47(59-42)35-14-19-39(55)20-15-35/h10-23,28,32,41,44,50,65H,5-9,24-27,29-31H2,1-4H3,(H,57,68)(H,61,66)/t41-,44+,50-/m1/s1. The Morgan fingerprint density at radius 3 is 1.96 bits per heavy atom. The summed E-state index contributed by atoms with van der Waals surface area (Å²) in [4.78, 5) is 87.7. The number of aryl methyl sites for hydroxylation is 1. The summed E-state index contributed by atoms with van der Waals surface area (Å²) >= 11 is 1.56. The molecule has 2 aliphatic heterocycles. The molecule has 4 aromatic carbocycles. The molecule has 2 saturated heterocycles. The zero-order valence-electron chi connectivity index (χ0n) is 40.3. The van der Waals surface area contributed by atoms with Gasteiger partial charge in [0.1, 0.15) is 23.7 Å². The number of carbonyl (C=O) groups is 5. The normalized spacial score (nSPS) is 16.5. The van der Waals surface area contributed by atoms with Crippen LogP contribution in [0.15, 0.2) is 96.5 Å². The van der Waals surface area contributed by atoms with Crippen LogP contribution in [-0.2, 0) is 25.7 Å². The third-order valence-electron chi connectivity index (χ3n) is 13.1. The first-order valence-corrected chi connectivity index (χ1v) is 24.9. The minimum absolute atomic E-state index is 0.0217. The summed E-state index contributed by atoms with van der Waals surface area (Å²) in [5.41, 5.74) is 7.58. The Bertz CT molecular complexity index is 2900. The van der Waals surface area contributed by atoms with Crippen LogP contribution in [0.3, 0.4) is 0 Å². The highest BCUT2D eigenvalue weighted by Crippen LogP contribution is 2.33. The van der Waals surface area contributed by atoms with Crippen LogP contribution in [0.25, 0.3) is 44.0 Å². The number of aliphatic hydroxyl groups excluding tert-OH is 1. The lowest BCUT2D eigenvalue weighted by Crippen LogP contribution is -2.57. The van der Waals surface area contributed by atoms with Crippen LogP contribution in [0.5, 0.6) is 0 Å². The van der Waals surface area contributed by atoms with Gasteiger partial charge in [-0.2, -0.15) is 0 Å². The van der Waals surface area contributed by atoms with Gasteiger partial charge >= 0.3 is 0 Å². The number of nitrogens with one attached hydrogen (secondary N) is 2. The molecule has 0 radical (unpaired) electrons. The Morgan fingerprint density at radius 1 is 0.761 bits per heavy atom. The molecule has 0 aliphatic carbocycles. The Morgan fingerprint density at radius 2 is 1.35 bits per heavy atom. The average molecular weight is 985 g/mol. The molecule has 2 aromatic heterocycles. The van der Waals surface area contributed by atoms with Crippen molar-refractivity contribution in [3.05, 3.63) is 125 Å². The molecule has 2 fully saturated rings. The molecule has 6 aromatic rings. The fourth-order valence-electron chi connectivity index (χ4n) is 9.06. The Labute approximate surface area is 415 Å². The molecule has 370 valence electrons. The summed E-state index contributed by atoms with van der Waals surface area (Å²) in [5.74, 6) is -2.16. The Hall–Kier alpha value is -6.98. The molecule has 8 rings (SSSR count). The van der Waals surface area contributed by atoms with Gasteiger partial charge in [0.15, 0.2) is 0 Å². The van der Waals surface area contributed by atoms with Crippen LogP contribution in [0, 0.1) is 24.0 Å². The zero-order valence-corrected chi connectivity index (χ0v) is 41.1. The number of likely N-dealkylation sites (tertiary alicyclic amines) is 1. The lowest BCUT2D eigenvalue weighted by molar-refractivity contribution is -0.144. The summed E-state index contributed by atoms with van der Waals surface area (Å²) in [6.45, 7) is 9.15. The number of nitrogens with zero attached hydrogens (tertiary/aromatic N) is 6. The van der Waals surface area contributed by atoms with E-state index in [2.05, 4.69) is 15.6 Å². The lowest BCUT2D eigenvalue weighted by atomic mass is 9.85. The van der Waals surface area contributed by atoms with Crippen molar-refractivity contribution in [2.24, 2.45) is 5.41 Å². The SMILES string of the molecule is Cc1ncsc1-c1ccc(CNC(=O)[C@@H]2C[C@@H](O)CN2C(=O)[C@@H](NC(=O)CCCCCC(=O)N2CCN(C(=O)c3ccc4nc(-c5ccc(F)cc5)c(-c5ccc(F)cc5)nc4c3)CC2)C(C)(C)C)cc1. The molecule has 14 nitrogen and oxygen atoms in total. The summed E-state index contributed by atoms with van der Waals surface area (Å²) < 4.78 is 27.6. The molecule has 4 heterocycles. The van der Waals surface area contributed by atoms with Crippen LogP contribution in [-0.4, -0.2) is 115 Å². The second-order valence-electron chi connectivity index (χ2n) is 19.3. The van der Waals surface area contributed by atoms with E-state index in [1.54, 1.807) is 69.1 Å². The predicted octanol–water partition coefficient (Wildman–Crippen LogP) is 7.72. The summed E-state index contributed by atoms with van der Waals surface area (Å²) in [7, 11) is 0. The third-order valence-corrected chi connectivity index (χ3v) is 14.0. The van der Waals surface area contributed by atoms with Gasteiger partial charge in [-0.15, -0.1) is 11.3 Å². The van der Waals surface area contributed by atoms with E-state index in [1.165, 1.54) is 29.2 Å². The first-order chi connectivity index (χ1) is 34.0. The molecular weight excluding hydrogens is 927 g/mol. The van der Waals surface area contributed by atoms with E-state index in [9.17, 15) is 37.9 Å². The molecule has 71 heavy (non-hydrogen) atoms. The van der Waals surface area contributed by atoms with Crippen molar-refractivity contribution in [2.75, 3.05) is 32.7 Å². The number of unbranched alkanes of at least 4 members (excludes halogenated alkanes) is 2. The lowest BCUT2D eigenvalue weighted by Gasteiger charge is -2.35. The van der Waals surface area contributed by atoms with E-state index in [4.69, 9.17) is 9.97 Å². The number of carbonyl (C=O) groups excluding carboxylic acids is 5. The maximum absolute atomic E-state index is 14.1. The van der Waals surface area contributed by atoms with Crippen molar-refractivity contribution < 1.29 is 37.9 Å². The highest BCUT2D eigenvalue weighted by Gasteiger charge is 2.44. The highest BCUT2D eigenvalue weighted by atomic mass is 32.1. The third kappa shape index (κ3) is 12.1. The van der Waals surface area contributed by atoms with Gasteiger partial charge in [-0.25, -0.2) is 23.7 Å². The number of hydrogen-bond acceptors (Lipinski definition) is 10. The van der Waals surface area contributed by atoms with Gasteiger partial charge in [-0.3, -0.25) is 24.0 Å². The van der Waals surface area contributed by atoms with Crippen molar-refractivity contribution in [3.8, 4) is 33.0 Å². The van der Waals surface area contributed by atoms with Gasteiger partial charge in [0.25, 0.3) is 5.91 Å². The van der Waals surface area contributed by atoms with E-state index in [1.807, 2.05) is 52.0 Å². The molecule has 0 unspecified atom stereocenters. The van der Waals surface area contributed by atoms with E-state index >= 15 is 0 Å². The maximum atomic E-state index is 14.1. The minimum Gasteiger partial charge on any atom is -0.391 e. The highest BCUT2D eigenvalue weighted by molar-refractivity contribution is 7.13. The van der Waals surface area contributed by atoms with Gasteiger partial charge in [0.2, 0.25) is 23.6 Å². The van der Waals surface area contributed by atoms with E-state index < -0.39 is 41.1 Å². The Kier molecular flexibility index (Phi) is 15.6. The van der Waals surface area contributed by atoms with Gasteiger partial charge in [-0.1, -0.05) is 51.5 Å². The van der Waals surface area contributed by atoms with Gasteiger partial charge in [0.05, 0.1) is 44.6 Å². The fraction of sp³-hybridized carbons (Fsp3) is 0.370. The van der Waals surface area contributed by atoms with Crippen molar-refractivity contribution >= 4 is 51.9 Å². The molecular formula is C54H58F2N8O6S. The summed E-state index contributed by atoms with van der Waals surface area (Å²) in [6.07, 6.45) is 1.31. The number of β-amino-alcohol motifs (C(OH)–C–C–N with tert-alkyl or cyclic N) is 1. The fourth-order valence-corrected chi connectivity index (χ4v) is 9.87. The van der Waals surface area contributed by atoms with Crippen LogP contribution >= 0.6 is 11.3 Å². The maximum Gasteiger partial charge on any atom is 0.254 e. The van der Waals surface area contributed by atoms with Crippen LogP contribution in [0.2, 0.25) is 0 Å². The first kappa shape index (κ1) is 50.4. The van der Waals surface area contributed by atoms with Crippen LogP contribution in [0.1, 0.15) is 80.9 Å². The summed E-state index contributed by atoms with van der Waals surface area (Å²) in [6, 6.07) is 22.8. The topological polar surface area (TPSA) is 178 Å². The second kappa shape index (κ2) is 22.0. The van der Waals surface area contributed by atoms with Gasteiger partial charge in [0, 0.05) is 75.2 Å². The van der Waals surface area contributed by atoms with E-state index in [-0.39, 0.29) is 56.0 Å². The van der Waals surface area contributed by atoms with Crippen molar-refractivity contribution in [3.63, 3.8) is 0 Å². The number of benzene rings is 4. The largest absolute Gasteiger partial charge is 0.391 e. The number of hydrogen-bond donors (Lipinski definition) is 3. The van der Waals surface area contributed by atoms with Crippen molar-refractivity contribution in [2.45, 2.75) is 91.0 Å². The molecule has 2 aliphatic rings. The second-order valence-corrected chi connectivity index (χ2v) is 20.2. The van der Waals surface area contributed by atoms with Gasteiger partial charge in [-0.05, 0) is 103 Å². The first-order valence-electron chi connectivity index (χ1n) is 24.0. The number of aromatic nitrogens is 3. The average Bonchev–Trinajstić information content (AvgIpc) is 3.99. The number of thiazole rings is 1. The molecule has 0 bridgehead atoms. The molecule has 17 heteroatoms.